The summed E-state index contributed by atoms with van der Waals surface area (Å²) in [7, 11) is 1.74. The number of carbonyl (C=O) groups excluding carboxylic acids is 3. The van der Waals surface area contributed by atoms with Gasteiger partial charge in [-0.2, -0.15) is 0 Å². The van der Waals surface area contributed by atoms with Gasteiger partial charge < -0.3 is 20.2 Å². The summed E-state index contributed by atoms with van der Waals surface area (Å²) >= 11 is 0. The summed E-state index contributed by atoms with van der Waals surface area (Å²) in [5.41, 5.74) is 0. The zero-order chi connectivity index (χ0) is 26.8. The van der Waals surface area contributed by atoms with Gasteiger partial charge in [-0.15, -0.1) is 0 Å². The molecule has 7 atom stereocenters. The van der Waals surface area contributed by atoms with E-state index in [1.54, 1.807) is 11.9 Å². The van der Waals surface area contributed by atoms with Crippen LogP contribution in [-0.4, -0.2) is 101 Å². The number of fused-ring (bicyclic) bond motifs is 2. The third-order valence-electron chi connectivity index (χ3n) is 9.99. The molecule has 5 fully saturated rings. The Balaban J connectivity index is 1.26. The Morgan fingerprint density at radius 3 is 2.53 bits per heavy atom. The normalized spacial score (nSPS) is 36.7. The Morgan fingerprint density at radius 2 is 1.76 bits per heavy atom. The minimum atomic E-state index is -0.987. The SMILES string of the molecule is CN1C(=O)CN(CCC(=O)O)C(=O)C2CC(NC(=O)C3CC(N4CCCCC4)NC4CCCCC43)CCC21. The number of carboxylic acids is 1. The molecule has 0 radical (unpaired) electrons. The number of nitrogens with zero attached hydrogens (tertiary/aromatic N) is 3. The van der Waals surface area contributed by atoms with Crippen molar-refractivity contribution < 1.29 is 24.3 Å². The van der Waals surface area contributed by atoms with Crippen molar-refractivity contribution in [1.29, 1.82) is 0 Å². The average molecular weight is 532 g/mol. The van der Waals surface area contributed by atoms with Gasteiger partial charge in [-0.25, -0.2) is 0 Å². The highest BCUT2D eigenvalue weighted by molar-refractivity contribution is 5.89. The Morgan fingerprint density at radius 1 is 1.00 bits per heavy atom. The lowest BCUT2D eigenvalue weighted by Gasteiger charge is -2.49. The molecule has 5 rings (SSSR count). The third-order valence-corrected chi connectivity index (χ3v) is 9.99. The third kappa shape index (κ3) is 5.86. The lowest BCUT2D eigenvalue weighted by molar-refractivity contribution is -0.141. The van der Waals surface area contributed by atoms with Crippen molar-refractivity contribution in [2.24, 2.45) is 17.8 Å². The second kappa shape index (κ2) is 11.9. The standard InChI is InChI=1S/C28H45N5O5/c1-31-23-10-9-18(15-21(23)28(38)33(17-25(31)34)14-11-26(35)36)29-27(37)20-16-24(32-12-5-2-6-13-32)30-22-8-4-3-7-19(20)22/h18-24,30H,2-17H2,1H3,(H,29,37)(H,35,36). The van der Waals surface area contributed by atoms with Crippen molar-refractivity contribution in [3.63, 3.8) is 0 Å². The van der Waals surface area contributed by atoms with Crippen LogP contribution in [0.1, 0.15) is 77.0 Å². The molecule has 0 aromatic heterocycles. The first kappa shape index (κ1) is 27.4. The molecule has 3 amide bonds. The molecule has 10 nitrogen and oxygen atoms in total. The van der Waals surface area contributed by atoms with E-state index in [2.05, 4.69) is 15.5 Å². The summed E-state index contributed by atoms with van der Waals surface area (Å²) in [6.07, 6.45) is 11.1. The van der Waals surface area contributed by atoms with E-state index >= 15 is 0 Å². The van der Waals surface area contributed by atoms with Crippen LogP contribution >= 0.6 is 0 Å². The van der Waals surface area contributed by atoms with Crippen LogP contribution in [-0.2, 0) is 19.2 Å². The highest BCUT2D eigenvalue weighted by Gasteiger charge is 2.47. The fourth-order valence-corrected chi connectivity index (χ4v) is 7.88. The van der Waals surface area contributed by atoms with Gasteiger partial charge in [0.2, 0.25) is 17.7 Å². The van der Waals surface area contributed by atoms with E-state index in [0.29, 0.717) is 24.8 Å². The first-order valence-electron chi connectivity index (χ1n) is 14.9. The van der Waals surface area contributed by atoms with Gasteiger partial charge in [0.15, 0.2) is 0 Å². The Bertz CT molecular complexity index is 908. The predicted octanol–water partition coefficient (Wildman–Crippen LogP) is 1.40. The summed E-state index contributed by atoms with van der Waals surface area (Å²) in [5.74, 6) is -1.26. The van der Waals surface area contributed by atoms with Crippen molar-refractivity contribution in [2.75, 3.05) is 33.2 Å². The number of carboxylic acid groups (broad SMARTS) is 1. The predicted molar refractivity (Wildman–Crippen MR) is 141 cm³/mol. The van der Waals surface area contributed by atoms with Crippen LogP contribution in [0.15, 0.2) is 0 Å². The van der Waals surface area contributed by atoms with Gasteiger partial charge in [-0.3, -0.25) is 29.4 Å². The molecular weight excluding hydrogens is 486 g/mol. The zero-order valence-corrected chi connectivity index (χ0v) is 22.8. The molecule has 3 heterocycles. The summed E-state index contributed by atoms with van der Waals surface area (Å²) in [5, 5.41) is 16.4. The summed E-state index contributed by atoms with van der Waals surface area (Å²) in [6, 6.07) is 0.0749. The number of likely N-dealkylation sites (tertiary alicyclic amines) is 1. The van der Waals surface area contributed by atoms with Crippen molar-refractivity contribution in [3.05, 3.63) is 0 Å². The number of rotatable bonds is 6. The quantitative estimate of drug-likeness (QED) is 0.474. The maximum atomic E-state index is 13.8. The highest BCUT2D eigenvalue weighted by atomic mass is 16.4. The fourth-order valence-electron chi connectivity index (χ4n) is 7.88. The van der Waals surface area contributed by atoms with E-state index in [-0.39, 0.29) is 61.4 Å². The zero-order valence-electron chi connectivity index (χ0n) is 22.8. The number of amides is 3. The summed E-state index contributed by atoms with van der Waals surface area (Å²) in [4.78, 5) is 56.8. The topological polar surface area (TPSA) is 122 Å². The van der Waals surface area contributed by atoms with Crippen LogP contribution in [0, 0.1) is 17.8 Å². The summed E-state index contributed by atoms with van der Waals surface area (Å²) < 4.78 is 0. The maximum absolute atomic E-state index is 13.8. The van der Waals surface area contributed by atoms with Gasteiger partial charge in [0.05, 0.1) is 25.0 Å². The second-order valence-corrected chi connectivity index (χ2v) is 12.3. The van der Waals surface area contributed by atoms with Crippen LogP contribution in [0.5, 0.6) is 0 Å². The number of carbonyl (C=O) groups is 4. The monoisotopic (exact) mass is 531 g/mol. The minimum Gasteiger partial charge on any atom is -0.481 e. The molecule has 7 unspecified atom stereocenters. The van der Waals surface area contributed by atoms with Gasteiger partial charge in [-0.1, -0.05) is 19.3 Å². The first-order valence-corrected chi connectivity index (χ1v) is 14.9. The van der Waals surface area contributed by atoms with Crippen molar-refractivity contribution in [2.45, 2.75) is 101 Å². The average Bonchev–Trinajstić information content (AvgIpc) is 3.01. The van der Waals surface area contributed by atoms with Crippen LogP contribution in [0.25, 0.3) is 0 Å². The van der Waals surface area contributed by atoms with Gasteiger partial charge in [-0.05, 0) is 70.4 Å². The molecule has 0 aromatic rings. The fraction of sp³-hybridized carbons (Fsp3) is 0.857. The number of nitrogens with one attached hydrogen (secondary N) is 2. The van der Waals surface area contributed by atoms with E-state index in [1.165, 1.54) is 37.0 Å². The maximum Gasteiger partial charge on any atom is 0.305 e. The van der Waals surface area contributed by atoms with Gasteiger partial charge in [0.1, 0.15) is 0 Å². The van der Waals surface area contributed by atoms with E-state index in [1.807, 2.05) is 0 Å². The molecule has 2 aliphatic carbocycles. The molecule has 212 valence electrons. The smallest absolute Gasteiger partial charge is 0.305 e. The van der Waals surface area contributed by atoms with Crippen LogP contribution in [0.2, 0.25) is 0 Å². The second-order valence-electron chi connectivity index (χ2n) is 12.3. The Labute approximate surface area is 225 Å². The molecule has 2 saturated carbocycles. The van der Waals surface area contributed by atoms with Crippen molar-refractivity contribution in [3.8, 4) is 0 Å². The Kier molecular flexibility index (Phi) is 8.57. The van der Waals surface area contributed by atoms with E-state index in [0.717, 1.165) is 38.8 Å². The highest BCUT2D eigenvalue weighted by Crippen LogP contribution is 2.39. The minimum absolute atomic E-state index is 0.0210. The van der Waals surface area contributed by atoms with E-state index in [4.69, 9.17) is 5.11 Å². The van der Waals surface area contributed by atoms with Gasteiger partial charge in [0.25, 0.3) is 0 Å². The van der Waals surface area contributed by atoms with Crippen LogP contribution in [0.3, 0.4) is 0 Å². The number of likely N-dealkylation sites (N-methyl/N-ethyl adjacent to an activating group) is 1. The molecule has 3 saturated heterocycles. The molecule has 5 aliphatic rings. The largest absolute Gasteiger partial charge is 0.481 e. The first-order chi connectivity index (χ1) is 18.3. The molecule has 0 bridgehead atoms. The van der Waals surface area contributed by atoms with Crippen molar-refractivity contribution >= 4 is 23.7 Å². The Hall–Kier alpha value is -2.20. The van der Waals surface area contributed by atoms with E-state index in [9.17, 15) is 19.2 Å². The van der Waals surface area contributed by atoms with Crippen molar-refractivity contribution in [1.82, 2.24) is 25.3 Å². The molecule has 0 aromatic carbocycles. The molecule has 3 N–H and O–H groups in total. The number of hydrogen-bond acceptors (Lipinski definition) is 6. The van der Waals surface area contributed by atoms with E-state index < -0.39 is 11.9 Å². The van der Waals surface area contributed by atoms with Gasteiger partial charge >= 0.3 is 5.97 Å². The molecular formula is C28H45N5O5. The summed E-state index contributed by atoms with van der Waals surface area (Å²) in [6.45, 7) is 2.15. The van der Waals surface area contributed by atoms with Crippen LogP contribution in [0.4, 0.5) is 0 Å². The lowest BCUT2D eigenvalue weighted by atomic mass is 9.71. The molecule has 10 heteroatoms. The number of piperidine rings is 2. The van der Waals surface area contributed by atoms with Gasteiger partial charge in [0, 0.05) is 37.6 Å². The molecule has 0 spiro atoms. The lowest BCUT2D eigenvalue weighted by Crippen LogP contribution is -2.62. The molecule has 3 aliphatic heterocycles. The van der Waals surface area contributed by atoms with Crippen LogP contribution < -0.4 is 10.6 Å². The number of hydrogen-bond donors (Lipinski definition) is 3. The molecule has 38 heavy (non-hydrogen) atoms. The number of aliphatic carboxylic acids is 1.